The number of likely N-dealkylation sites (tertiary alicyclic amines) is 1. The Labute approximate surface area is 208 Å². The van der Waals surface area contributed by atoms with Crippen molar-refractivity contribution in [2.24, 2.45) is 0 Å². The number of nitrogens with one attached hydrogen (secondary N) is 1. The molecule has 2 aromatic heterocycles. The molecule has 0 saturated carbocycles. The molecule has 0 atom stereocenters. The predicted octanol–water partition coefficient (Wildman–Crippen LogP) is 2.51. The lowest BCUT2D eigenvalue weighted by Crippen LogP contribution is -2.44. The number of benzene rings is 2. The summed E-state index contributed by atoms with van der Waals surface area (Å²) in [5.74, 6) is 0.368. The van der Waals surface area contributed by atoms with Crippen molar-refractivity contribution in [1.29, 1.82) is 0 Å². The Bertz CT molecular complexity index is 1450. The summed E-state index contributed by atoms with van der Waals surface area (Å²) in [5.41, 5.74) is 3.49. The Morgan fingerprint density at radius 3 is 2.64 bits per heavy atom. The minimum atomic E-state index is -0.278. The first-order valence-corrected chi connectivity index (χ1v) is 12.1. The zero-order valence-corrected chi connectivity index (χ0v) is 20.7. The van der Waals surface area contributed by atoms with Crippen LogP contribution in [0, 0.1) is 0 Å². The number of hydrogen-bond acceptors (Lipinski definition) is 8. The third-order valence-electron chi connectivity index (χ3n) is 7.18. The second-order valence-electron chi connectivity index (χ2n) is 9.13. The highest BCUT2D eigenvalue weighted by atomic mass is 16.6. The van der Waals surface area contributed by atoms with Crippen LogP contribution in [-0.2, 0) is 6.54 Å². The molecule has 1 saturated heterocycles. The number of ether oxygens (including phenoxy) is 1. The van der Waals surface area contributed by atoms with E-state index in [9.17, 15) is 9.59 Å². The van der Waals surface area contributed by atoms with Gasteiger partial charge in [0.25, 0.3) is 11.5 Å². The van der Waals surface area contributed by atoms with Crippen molar-refractivity contribution in [1.82, 2.24) is 25.1 Å². The van der Waals surface area contributed by atoms with Crippen LogP contribution in [0.3, 0.4) is 0 Å². The van der Waals surface area contributed by atoms with Gasteiger partial charge in [0.2, 0.25) is 0 Å². The fourth-order valence-corrected chi connectivity index (χ4v) is 5.01. The average molecular weight is 491 g/mol. The van der Waals surface area contributed by atoms with Gasteiger partial charge in [-0.1, -0.05) is 0 Å². The van der Waals surface area contributed by atoms with Gasteiger partial charge in [-0.25, -0.2) is 4.63 Å². The van der Waals surface area contributed by atoms with Crippen LogP contribution in [0.2, 0.25) is 0 Å². The number of pyridine rings is 1. The fourth-order valence-electron chi connectivity index (χ4n) is 5.01. The van der Waals surface area contributed by atoms with Gasteiger partial charge in [-0.15, -0.1) is 0 Å². The summed E-state index contributed by atoms with van der Waals surface area (Å²) in [6, 6.07) is 13.3. The standard InChI is InChI=1S/C26H30N6O4/c1-27-26(34)21-16-25(33)32(24-15-19(35-3)5-6-20(21)24)13-12-31-10-8-17(9-11-31)30(2)18-4-7-22-23(14-18)29-36-28-22/h4-7,14-17H,8-13H2,1-3H3,(H,27,34). The normalized spacial score (nSPS) is 14.9. The maximum Gasteiger partial charge on any atom is 0.251 e. The lowest BCUT2D eigenvalue weighted by Gasteiger charge is -2.38. The van der Waals surface area contributed by atoms with Crippen LogP contribution in [0.1, 0.15) is 23.2 Å². The molecule has 1 aliphatic heterocycles. The molecule has 10 nitrogen and oxygen atoms in total. The molecule has 1 amide bonds. The van der Waals surface area contributed by atoms with Gasteiger partial charge in [-0.2, -0.15) is 0 Å². The molecule has 10 heteroatoms. The highest BCUT2D eigenvalue weighted by molar-refractivity contribution is 6.06. The molecule has 1 N–H and O–H groups in total. The maximum atomic E-state index is 13.0. The second kappa shape index (κ2) is 9.98. The van der Waals surface area contributed by atoms with E-state index in [0.29, 0.717) is 29.4 Å². The summed E-state index contributed by atoms with van der Waals surface area (Å²) in [5, 5.41) is 11.2. The van der Waals surface area contributed by atoms with E-state index in [1.54, 1.807) is 18.7 Å². The van der Waals surface area contributed by atoms with Gasteiger partial charge in [0.05, 0.1) is 18.2 Å². The number of methoxy groups -OCH3 is 1. The molecule has 1 fully saturated rings. The number of piperidine rings is 1. The molecule has 2 aromatic carbocycles. The largest absolute Gasteiger partial charge is 0.497 e. The molecule has 0 spiro atoms. The average Bonchev–Trinajstić information content (AvgIpc) is 3.39. The van der Waals surface area contributed by atoms with Crippen LogP contribution in [0.4, 0.5) is 5.69 Å². The number of carbonyl (C=O) groups is 1. The molecule has 0 aliphatic carbocycles. The van der Waals surface area contributed by atoms with Gasteiger partial charge >= 0.3 is 0 Å². The first-order chi connectivity index (χ1) is 17.5. The Balaban J connectivity index is 1.28. The summed E-state index contributed by atoms with van der Waals surface area (Å²) in [6.45, 7) is 3.16. The molecule has 188 valence electrons. The van der Waals surface area contributed by atoms with E-state index in [0.717, 1.165) is 54.6 Å². The van der Waals surface area contributed by atoms with E-state index in [4.69, 9.17) is 9.37 Å². The fraction of sp³-hybridized carbons (Fsp3) is 0.385. The van der Waals surface area contributed by atoms with Crippen LogP contribution in [0.15, 0.2) is 51.9 Å². The monoisotopic (exact) mass is 490 g/mol. The number of carbonyl (C=O) groups excluding carboxylic acids is 1. The molecule has 5 rings (SSSR count). The number of hydrogen-bond donors (Lipinski definition) is 1. The second-order valence-corrected chi connectivity index (χ2v) is 9.13. The zero-order chi connectivity index (χ0) is 25.2. The SMILES string of the molecule is CNC(=O)c1cc(=O)n(CCN2CCC(N(C)c3ccc4nonc4c3)CC2)c2cc(OC)ccc12. The summed E-state index contributed by atoms with van der Waals surface area (Å²) < 4.78 is 11.9. The van der Waals surface area contributed by atoms with Gasteiger partial charge < -0.3 is 24.4 Å². The molecule has 4 aromatic rings. The van der Waals surface area contributed by atoms with Gasteiger partial charge in [-0.05, 0) is 53.5 Å². The Morgan fingerprint density at radius 1 is 1.11 bits per heavy atom. The number of aromatic nitrogens is 3. The first-order valence-electron chi connectivity index (χ1n) is 12.1. The van der Waals surface area contributed by atoms with Crippen LogP contribution >= 0.6 is 0 Å². The van der Waals surface area contributed by atoms with Crippen LogP contribution in [-0.4, -0.2) is 72.6 Å². The van der Waals surface area contributed by atoms with Crippen molar-refractivity contribution in [2.45, 2.75) is 25.4 Å². The number of nitrogens with zero attached hydrogens (tertiary/aromatic N) is 5. The summed E-state index contributed by atoms with van der Waals surface area (Å²) >= 11 is 0. The topological polar surface area (TPSA) is 106 Å². The Hall–Kier alpha value is -3.92. The molecule has 3 heterocycles. The molecule has 0 unspecified atom stereocenters. The minimum Gasteiger partial charge on any atom is -0.497 e. The number of fused-ring (bicyclic) bond motifs is 2. The number of anilines is 1. The third kappa shape index (κ3) is 4.51. The quantitative estimate of drug-likeness (QED) is 0.421. The van der Waals surface area contributed by atoms with Gasteiger partial charge in [0.1, 0.15) is 16.8 Å². The van der Waals surface area contributed by atoms with E-state index < -0.39 is 0 Å². The highest BCUT2D eigenvalue weighted by Crippen LogP contribution is 2.26. The maximum absolute atomic E-state index is 13.0. The zero-order valence-electron chi connectivity index (χ0n) is 20.7. The summed E-state index contributed by atoms with van der Waals surface area (Å²) in [6.07, 6.45) is 2.04. The van der Waals surface area contributed by atoms with Gasteiger partial charge in [0.15, 0.2) is 0 Å². The van der Waals surface area contributed by atoms with E-state index >= 15 is 0 Å². The van der Waals surface area contributed by atoms with Gasteiger partial charge in [-0.3, -0.25) is 9.59 Å². The number of amides is 1. The molecule has 1 aliphatic rings. The molecule has 0 radical (unpaired) electrons. The smallest absolute Gasteiger partial charge is 0.251 e. The number of rotatable bonds is 7. The van der Waals surface area contributed by atoms with Crippen LogP contribution < -0.4 is 20.5 Å². The lowest BCUT2D eigenvalue weighted by atomic mass is 10.0. The van der Waals surface area contributed by atoms with Crippen molar-refractivity contribution >= 4 is 33.5 Å². The first kappa shape index (κ1) is 23.8. The third-order valence-corrected chi connectivity index (χ3v) is 7.18. The molecular weight excluding hydrogens is 460 g/mol. The predicted molar refractivity (Wildman–Crippen MR) is 138 cm³/mol. The van der Waals surface area contributed by atoms with E-state index in [-0.39, 0.29) is 11.5 Å². The van der Waals surface area contributed by atoms with Crippen molar-refractivity contribution in [3.63, 3.8) is 0 Å². The lowest BCUT2D eigenvalue weighted by molar-refractivity contribution is 0.0964. The van der Waals surface area contributed by atoms with Crippen molar-refractivity contribution < 1.29 is 14.2 Å². The van der Waals surface area contributed by atoms with Crippen molar-refractivity contribution in [3.8, 4) is 5.75 Å². The van der Waals surface area contributed by atoms with Crippen molar-refractivity contribution in [2.75, 3.05) is 45.7 Å². The van der Waals surface area contributed by atoms with E-state index in [1.807, 2.05) is 36.4 Å². The highest BCUT2D eigenvalue weighted by Gasteiger charge is 2.23. The summed E-state index contributed by atoms with van der Waals surface area (Å²) in [4.78, 5) is 30.1. The van der Waals surface area contributed by atoms with Gasteiger partial charge in [0, 0.05) is 69.5 Å². The summed E-state index contributed by atoms with van der Waals surface area (Å²) in [7, 11) is 5.27. The van der Waals surface area contributed by atoms with E-state index in [2.05, 4.69) is 32.5 Å². The Kier molecular flexibility index (Phi) is 6.60. The van der Waals surface area contributed by atoms with Crippen LogP contribution in [0.25, 0.3) is 21.9 Å². The minimum absolute atomic E-state index is 0.193. The molecule has 36 heavy (non-hydrogen) atoms. The molecular formula is C26H30N6O4. The Morgan fingerprint density at radius 2 is 1.89 bits per heavy atom. The van der Waals surface area contributed by atoms with Crippen molar-refractivity contribution in [3.05, 3.63) is 58.4 Å². The van der Waals surface area contributed by atoms with E-state index in [1.165, 1.54) is 6.07 Å². The molecule has 0 bridgehead atoms. The van der Waals surface area contributed by atoms with Crippen LogP contribution in [0.5, 0.6) is 5.75 Å².